The number of aromatic amines is 1. The summed E-state index contributed by atoms with van der Waals surface area (Å²) in [5.74, 6) is 0.470. The number of halogens is 1. The van der Waals surface area contributed by atoms with Crippen LogP contribution in [0.5, 0.6) is 0 Å². The van der Waals surface area contributed by atoms with Gasteiger partial charge >= 0.3 is 0 Å². The molecule has 7 heteroatoms. The summed E-state index contributed by atoms with van der Waals surface area (Å²) >= 11 is 7.32. The molecule has 0 aliphatic carbocycles. The van der Waals surface area contributed by atoms with E-state index >= 15 is 0 Å². The predicted octanol–water partition coefficient (Wildman–Crippen LogP) is 4.92. The third kappa shape index (κ3) is 5.71. The first kappa shape index (κ1) is 20.2. The molecule has 0 aliphatic heterocycles. The van der Waals surface area contributed by atoms with Crippen molar-refractivity contribution >= 4 is 35.0 Å². The quantitative estimate of drug-likeness (QED) is 0.425. The van der Waals surface area contributed by atoms with Gasteiger partial charge in [-0.25, -0.2) is 4.98 Å². The number of anilines is 1. The van der Waals surface area contributed by atoms with E-state index < -0.39 is 0 Å². The molecular formula is C21H20ClN3O2S. The lowest BCUT2D eigenvalue weighted by Gasteiger charge is -2.07. The Balaban J connectivity index is 1.60. The van der Waals surface area contributed by atoms with E-state index in [2.05, 4.69) is 22.2 Å². The van der Waals surface area contributed by atoms with Gasteiger partial charge < -0.3 is 10.3 Å². The predicted molar refractivity (Wildman–Crippen MR) is 114 cm³/mol. The summed E-state index contributed by atoms with van der Waals surface area (Å²) in [7, 11) is 0. The fourth-order valence-electron chi connectivity index (χ4n) is 2.58. The van der Waals surface area contributed by atoms with Crippen LogP contribution in [0.1, 0.15) is 35.0 Å². The molecule has 0 saturated heterocycles. The highest BCUT2D eigenvalue weighted by Crippen LogP contribution is 2.20. The number of nitrogens with zero attached hydrogens (tertiary/aromatic N) is 1. The Morgan fingerprint density at radius 2 is 1.86 bits per heavy atom. The summed E-state index contributed by atoms with van der Waals surface area (Å²) < 4.78 is 0. The van der Waals surface area contributed by atoms with Crippen molar-refractivity contribution < 1.29 is 4.79 Å². The number of benzene rings is 2. The highest BCUT2D eigenvalue weighted by Gasteiger charge is 2.07. The number of thioether (sulfide) groups is 1. The molecule has 3 rings (SSSR count). The van der Waals surface area contributed by atoms with Crippen molar-refractivity contribution in [3.63, 3.8) is 0 Å². The SMILES string of the molecule is CCCc1cc(=O)[nH]c(SCc2ccc(C(=O)Nc3ccc(Cl)cc3)cc2)n1. The zero-order valence-electron chi connectivity index (χ0n) is 15.4. The summed E-state index contributed by atoms with van der Waals surface area (Å²) in [6.45, 7) is 2.06. The smallest absolute Gasteiger partial charge is 0.255 e. The third-order valence-electron chi connectivity index (χ3n) is 3.97. The van der Waals surface area contributed by atoms with Gasteiger partial charge in [-0.3, -0.25) is 9.59 Å². The fourth-order valence-corrected chi connectivity index (χ4v) is 3.55. The van der Waals surface area contributed by atoms with Gasteiger partial charge in [-0.15, -0.1) is 0 Å². The van der Waals surface area contributed by atoms with Gasteiger partial charge in [0.1, 0.15) is 0 Å². The van der Waals surface area contributed by atoms with Crippen molar-refractivity contribution in [3.8, 4) is 0 Å². The van der Waals surface area contributed by atoms with E-state index in [1.165, 1.54) is 11.8 Å². The molecule has 2 N–H and O–H groups in total. The van der Waals surface area contributed by atoms with Gasteiger partial charge in [-0.1, -0.05) is 48.8 Å². The molecule has 1 heterocycles. The average molecular weight is 414 g/mol. The largest absolute Gasteiger partial charge is 0.322 e. The van der Waals surface area contributed by atoms with Crippen LogP contribution in [0.4, 0.5) is 5.69 Å². The first-order valence-electron chi connectivity index (χ1n) is 8.92. The van der Waals surface area contributed by atoms with Crippen LogP contribution < -0.4 is 10.9 Å². The minimum Gasteiger partial charge on any atom is -0.322 e. The molecule has 0 fully saturated rings. The van der Waals surface area contributed by atoms with Gasteiger partial charge in [-0.2, -0.15) is 0 Å². The van der Waals surface area contributed by atoms with Gasteiger partial charge in [0, 0.05) is 33.8 Å². The van der Waals surface area contributed by atoms with Crippen LogP contribution >= 0.6 is 23.4 Å². The second-order valence-electron chi connectivity index (χ2n) is 6.24. The first-order chi connectivity index (χ1) is 13.5. The van der Waals surface area contributed by atoms with Gasteiger partial charge in [-0.05, 0) is 48.4 Å². The highest BCUT2D eigenvalue weighted by molar-refractivity contribution is 7.98. The summed E-state index contributed by atoms with van der Waals surface area (Å²) in [4.78, 5) is 31.3. The molecule has 0 radical (unpaired) electrons. The zero-order valence-corrected chi connectivity index (χ0v) is 16.9. The lowest BCUT2D eigenvalue weighted by atomic mass is 10.1. The van der Waals surface area contributed by atoms with Gasteiger partial charge in [0.2, 0.25) is 0 Å². The number of amides is 1. The van der Waals surface area contributed by atoms with Gasteiger partial charge in [0.25, 0.3) is 11.5 Å². The highest BCUT2D eigenvalue weighted by atomic mass is 35.5. The van der Waals surface area contributed by atoms with Crippen molar-refractivity contribution in [1.29, 1.82) is 0 Å². The van der Waals surface area contributed by atoms with Crippen molar-refractivity contribution in [2.45, 2.75) is 30.7 Å². The molecule has 0 bridgehead atoms. The van der Waals surface area contributed by atoms with Crippen LogP contribution in [0, 0.1) is 0 Å². The normalized spacial score (nSPS) is 10.6. The van der Waals surface area contributed by atoms with Crippen LogP contribution in [-0.4, -0.2) is 15.9 Å². The number of nitrogens with one attached hydrogen (secondary N) is 2. The molecule has 0 saturated carbocycles. The zero-order chi connectivity index (χ0) is 19.9. The first-order valence-corrected chi connectivity index (χ1v) is 10.3. The number of rotatable bonds is 7. The molecule has 0 unspecified atom stereocenters. The number of H-pyrrole nitrogens is 1. The van der Waals surface area contributed by atoms with E-state index in [0.29, 0.717) is 27.2 Å². The fraction of sp³-hybridized carbons (Fsp3) is 0.190. The molecule has 28 heavy (non-hydrogen) atoms. The monoisotopic (exact) mass is 413 g/mol. The van der Waals surface area contributed by atoms with Crippen LogP contribution in [-0.2, 0) is 12.2 Å². The van der Waals surface area contributed by atoms with E-state index in [1.807, 2.05) is 12.1 Å². The summed E-state index contributed by atoms with van der Waals surface area (Å²) in [5, 5.41) is 4.07. The molecular weight excluding hydrogens is 394 g/mol. The van der Waals surface area contributed by atoms with Crippen molar-refractivity contribution in [3.05, 3.63) is 86.8 Å². The van der Waals surface area contributed by atoms with Crippen LogP contribution in [0.25, 0.3) is 0 Å². The Kier molecular flexibility index (Phi) is 6.90. The molecule has 144 valence electrons. The number of carbonyl (C=O) groups is 1. The number of hydrogen-bond acceptors (Lipinski definition) is 4. The average Bonchev–Trinajstić information content (AvgIpc) is 2.68. The molecule has 0 aliphatic rings. The molecule has 1 aromatic heterocycles. The summed E-state index contributed by atoms with van der Waals surface area (Å²) in [6.07, 6.45) is 1.73. The van der Waals surface area contributed by atoms with Crippen LogP contribution in [0.3, 0.4) is 0 Å². The Labute approximate surface area is 172 Å². The molecule has 0 spiro atoms. The standard InChI is InChI=1S/C21H20ClN3O2S/c1-2-3-18-12-19(26)25-21(24-18)28-13-14-4-6-15(7-5-14)20(27)23-17-10-8-16(22)9-11-17/h4-12H,2-3,13H2,1H3,(H,23,27)(H,24,25,26). The lowest BCUT2D eigenvalue weighted by molar-refractivity contribution is 0.102. The Bertz CT molecular complexity index is 1000. The second-order valence-corrected chi connectivity index (χ2v) is 7.64. The van der Waals surface area contributed by atoms with E-state index in [-0.39, 0.29) is 11.5 Å². The van der Waals surface area contributed by atoms with E-state index in [4.69, 9.17) is 11.6 Å². The third-order valence-corrected chi connectivity index (χ3v) is 5.17. The van der Waals surface area contributed by atoms with E-state index in [9.17, 15) is 9.59 Å². The number of carbonyl (C=O) groups excluding carboxylic acids is 1. The number of hydrogen-bond donors (Lipinski definition) is 2. The van der Waals surface area contributed by atoms with Crippen molar-refractivity contribution in [2.24, 2.45) is 0 Å². The Morgan fingerprint density at radius 1 is 1.14 bits per heavy atom. The van der Waals surface area contributed by atoms with Gasteiger partial charge in [0.05, 0.1) is 0 Å². The summed E-state index contributed by atoms with van der Waals surface area (Å²) in [5.41, 5.74) is 2.98. The molecule has 0 atom stereocenters. The summed E-state index contributed by atoms with van der Waals surface area (Å²) in [6, 6.07) is 15.9. The topological polar surface area (TPSA) is 74.8 Å². The lowest BCUT2D eigenvalue weighted by Crippen LogP contribution is -2.11. The molecule has 3 aromatic rings. The Morgan fingerprint density at radius 3 is 2.54 bits per heavy atom. The Hall–Kier alpha value is -2.57. The van der Waals surface area contributed by atoms with Crippen LogP contribution in [0.15, 0.2) is 64.5 Å². The maximum atomic E-state index is 12.3. The van der Waals surface area contributed by atoms with E-state index in [1.54, 1.807) is 42.5 Å². The molecule has 5 nitrogen and oxygen atoms in total. The van der Waals surface area contributed by atoms with Crippen molar-refractivity contribution in [2.75, 3.05) is 5.32 Å². The van der Waals surface area contributed by atoms with E-state index in [0.717, 1.165) is 24.1 Å². The van der Waals surface area contributed by atoms with Crippen LogP contribution in [0.2, 0.25) is 5.02 Å². The molecule has 1 amide bonds. The number of aromatic nitrogens is 2. The maximum absolute atomic E-state index is 12.3. The molecule has 2 aromatic carbocycles. The van der Waals surface area contributed by atoms with Gasteiger partial charge in [0.15, 0.2) is 5.16 Å². The minimum absolute atomic E-state index is 0.129. The second kappa shape index (κ2) is 9.57. The maximum Gasteiger partial charge on any atom is 0.255 e. The number of aryl methyl sites for hydroxylation is 1. The van der Waals surface area contributed by atoms with Crippen molar-refractivity contribution in [1.82, 2.24) is 9.97 Å². The minimum atomic E-state index is -0.181.